The summed E-state index contributed by atoms with van der Waals surface area (Å²) in [6.45, 7) is 11.2. The molecular weight excluding hydrogens is 643 g/mol. The van der Waals surface area contributed by atoms with Gasteiger partial charge in [0.15, 0.2) is 6.29 Å². The first kappa shape index (κ1) is 38.1. The molecule has 262 valence electrons. The van der Waals surface area contributed by atoms with Crippen LogP contribution in [0.3, 0.4) is 0 Å². The average molecular weight is 694 g/mol. The fourth-order valence-electron chi connectivity index (χ4n) is 10.6. The molecule has 6 rings (SSSR count). The molecule has 0 aromatic heterocycles. The Morgan fingerprint density at radius 3 is 2.38 bits per heavy atom. The van der Waals surface area contributed by atoms with E-state index in [0.29, 0.717) is 49.0 Å². The molecule has 3 N–H and O–H groups in total. The van der Waals surface area contributed by atoms with Gasteiger partial charge in [0.1, 0.15) is 24.4 Å². The molecule has 0 radical (unpaired) electrons. The van der Waals surface area contributed by atoms with Crippen molar-refractivity contribution in [3.8, 4) is 0 Å². The molecular formula is C33H50NaO12S-. The van der Waals surface area contributed by atoms with E-state index in [1.54, 1.807) is 0 Å². The smallest absolute Gasteiger partial charge is 0.726 e. The number of carboxylic acids is 1. The van der Waals surface area contributed by atoms with Gasteiger partial charge in [0.05, 0.1) is 30.4 Å². The van der Waals surface area contributed by atoms with Gasteiger partial charge in [-0.2, -0.15) is 0 Å². The number of epoxide rings is 1. The zero-order valence-corrected chi connectivity index (χ0v) is 31.1. The number of carbonyl (C=O) groups is 1. The van der Waals surface area contributed by atoms with Gasteiger partial charge in [0.25, 0.3) is 0 Å². The Bertz CT molecular complexity index is 1310. The van der Waals surface area contributed by atoms with Crippen molar-refractivity contribution in [2.45, 2.75) is 141 Å². The van der Waals surface area contributed by atoms with Crippen LogP contribution >= 0.6 is 0 Å². The number of aliphatic hydroxyl groups excluding tert-OH is 3. The molecule has 6 aliphatic rings. The van der Waals surface area contributed by atoms with E-state index in [4.69, 9.17) is 18.4 Å². The molecule has 0 aromatic carbocycles. The molecule has 2 aliphatic heterocycles. The van der Waals surface area contributed by atoms with Gasteiger partial charge in [0.2, 0.25) is 10.4 Å². The number of carboxylic acid groups (broad SMARTS) is 1. The van der Waals surface area contributed by atoms with Gasteiger partial charge in [-0.15, -0.1) is 0 Å². The van der Waals surface area contributed by atoms with Gasteiger partial charge in [-0.25, -0.2) is 8.42 Å². The summed E-state index contributed by atoms with van der Waals surface area (Å²) >= 11 is 0. The van der Waals surface area contributed by atoms with Gasteiger partial charge in [-0.1, -0.05) is 46.3 Å². The topological polar surface area (TPSA) is 198 Å². The second-order valence-electron chi connectivity index (χ2n) is 15.9. The summed E-state index contributed by atoms with van der Waals surface area (Å²) in [5.74, 6) is -0.324. The zero-order chi connectivity index (χ0) is 33.5. The normalized spacial score (nSPS) is 48.4. The number of rotatable bonds is 9. The molecule has 0 bridgehead atoms. The SMILES string of the molecule is CC(C)CC1OC1C(C)[C@H]1CCC2C3CC(OS(=O)(=O)[O-])C4C[C@@H](OC5OC(C(=O)[O-])C(O)C(O)C5O)CC[C@]4(C)C3=CC[C@@]21C.[Na+]. The van der Waals surface area contributed by atoms with E-state index in [1.165, 1.54) is 5.57 Å². The number of hydrogen-bond donors (Lipinski definition) is 3. The van der Waals surface area contributed by atoms with E-state index in [1.807, 2.05) is 0 Å². The summed E-state index contributed by atoms with van der Waals surface area (Å²) < 4.78 is 59.0. The molecule has 14 heteroatoms. The second kappa shape index (κ2) is 13.8. The minimum atomic E-state index is -5.03. The minimum absolute atomic E-state index is 0. The molecule has 2 saturated heterocycles. The molecule has 0 amide bonds. The Labute approximate surface area is 300 Å². The van der Waals surface area contributed by atoms with E-state index in [2.05, 4.69) is 40.7 Å². The van der Waals surface area contributed by atoms with Crippen molar-refractivity contribution >= 4 is 16.4 Å². The predicted octanol–water partition coefficient (Wildman–Crippen LogP) is -1.58. The van der Waals surface area contributed by atoms with Crippen molar-refractivity contribution in [3.05, 3.63) is 11.6 Å². The molecule has 4 aliphatic carbocycles. The molecule has 0 aromatic rings. The Hall–Kier alpha value is -0.160. The van der Waals surface area contributed by atoms with E-state index >= 15 is 0 Å². The van der Waals surface area contributed by atoms with Gasteiger partial charge in [-0.3, -0.25) is 4.18 Å². The molecule has 0 spiro atoms. The molecule has 5 fully saturated rings. The van der Waals surface area contributed by atoms with Crippen LogP contribution in [0.1, 0.15) is 86.0 Å². The fourth-order valence-corrected chi connectivity index (χ4v) is 11.2. The van der Waals surface area contributed by atoms with Crippen LogP contribution in [-0.2, 0) is 33.6 Å². The standard InChI is InChI=1S/C33H52O12S.Na/c1-15(2)12-24-28(43-24)16(3)19-6-7-20-18-14-23(45-46(39,40)41)22-13-17(8-10-33(22,5)21(18)9-11-32(19,20)4)42-31-27(36)25(34)26(35)29(44-31)30(37)38;/h9,15-20,22-29,31,34-36H,6-8,10-14H2,1-5H3,(H,37,38)(H,39,40,41);/q;+1/p-2/t16?,17-,18?,19+,20?,22?,23?,24?,25?,26?,27?,28?,29?,31?,32+,33+;/m0./s1. The number of ether oxygens (including phenoxy) is 3. The fraction of sp³-hybridized carbons (Fsp3) is 0.909. The number of aliphatic carboxylic acids is 1. The molecule has 12 nitrogen and oxygen atoms in total. The van der Waals surface area contributed by atoms with Crippen molar-refractivity contribution in [1.82, 2.24) is 0 Å². The van der Waals surface area contributed by atoms with Gasteiger partial charge in [-0.05, 0) is 97.7 Å². The molecule has 2 heterocycles. The van der Waals surface area contributed by atoms with Crippen molar-refractivity contribution in [1.29, 1.82) is 0 Å². The first-order valence-electron chi connectivity index (χ1n) is 17.0. The van der Waals surface area contributed by atoms with Gasteiger partial charge >= 0.3 is 29.6 Å². The largest absolute Gasteiger partial charge is 1.00 e. The maximum Gasteiger partial charge on any atom is 1.00 e. The Balaban J connectivity index is 0.00000433. The van der Waals surface area contributed by atoms with Crippen molar-refractivity contribution in [2.24, 2.45) is 46.3 Å². The van der Waals surface area contributed by atoms with Crippen LogP contribution in [0, 0.1) is 46.3 Å². The summed E-state index contributed by atoms with van der Waals surface area (Å²) in [6.07, 6.45) is -1.67. The molecule has 47 heavy (non-hydrogen) atoms. The van der Waals surface area contributed by atoms with Crippen molar-refractivity contribution in [3.63, 3.8) is 0 Å². The van der Waals surface area contributed by atoms with E-state index < -0.39 is 70.6 Å². The monoisotopic (exact) mass is 693 g/mol. The van der Waals surface area contributed by atoms with Crippen LogP contribution in [0.15, 0.2) is 11.6 Å². The third-order valence-corrected chi connectivity index (χ3v) is 13.4. The summed E-state index contributed by atoms with van der Waals surface area (Å²) in [7, 11) is -5.03. The van der Waals surface area contributed by atoms with Crippen LogP contribution in [-0.4, -0.2) is 89.4 Å². The average Bonchev–Trinajstić information content (AvgIpc) is 3.62. The maximum atomic E-state index is 12.1. The number of hydrogen-bond acceptors (Lipinski definition) is 12. The van der Waals surface area contributed by atoms with Crippen LogP contribution in [0.5, 0.6) is 0 Å². The van der Waals surface area contributed by atoms with Gasteiger partial charge < -0.3 is 44.0 Å². The number of carbonyl (C=O) groups excluding carboxylic acids is 1. The first-order valence-corrected chi connectivity index (χ1v) is 18.3. The summed E-state index contributed by atoms with van der Waals surface area (Å²) in [4.78, 5) is 11.5. The van der Waals surface area contributed by atoms with E-state index in [9.17, 15) is 38.2 Å². The number of fused-ring (bicyclic) bond motifs is 5. The maximum absolute atomic E-state index is 12.1. The number of allylic oxidation sites excluding steroid dienone is 2. The predicted molar refractivity (Wildman–Crippen MR) is 159 cm³/mol. The van der Waals surface area contributed by atoms with E-state index in [-0.39, 0.29) is 53.4 Å². The summed E-state index contributed by atoms with van der Waals surface area (Å²) in [5.41, 5.74) is 0.835. The zero-order valence-electron chi connectivity index (χ0n) is 28.3. The van der Waals surface area contributed by atoms with Crippen molar-refractivity contribution < 1.29 is 86.1 Å². The van der Waals surface area contributed by atoms with Crippen LogP contribution in [0.2, 0.25) is 0 Å². The van der Waals surface area contributed by atoms with Gasteiger partial charge in [0, 0.05) is 0 Å². The minimum Gasteiger partial charge on any atom is -0.726 e. The third-order valence-electron chi connectivity index (χ3n) is 12.9. The molecule has 12 unspecified atom stereocenters. The second-order valence-corrected chi connectivity index (χ2v) is 17.0. The quantitative estimate of drug-likeness (QED) is 0.0627. The third kappa shape index (κ3) is 7.04. The van der Waals surface area contributed by atoms with Crippen LogP contribution in [0.25, 0.3) is 0 Å². The Morgan fingerprint density at radius 2 is 1.74 bits per heavy atom. The molecule has 3 saturated carbocycles. The van der Waals surface area contributed by atoms with Crippen molar-refractivity contribution in [2.75, 3.05) is 0 Å². The number of aliphatic hydroxyl groups is 3. The summed E-state index contributed by atoms with van der Waals surface area (Å²) in [6, 6.07) is 0. The van der Waals surface area contributed by atoms with Crippen LogP contribution < -0.4 is 34.7 Å². The van der Waals surface area contributed by atoms with E-state index in [0.717, 1.165) is 25.7 Å². The Morgan fingerprint density at radius 1 is 1.04 bits per heavy atom. The summed E-state index contributed by atoms with van der Waals surface area (Å²) in [5, 5.41) is 42.2. The Kier molecular flexibility index (Phi) is 11.1. The van der Waals surface area contributed by atoms with Crippen LogP contribution in [0.4, 0.5) is 0 Å². The molecule has 16 atom stereocenters. The first-order chi connectivity index (χ1) is 21.4.